The third-order valence-electron chi connectivity index (χ3n) is 2.31. The first-order chi connectivity index (χ1) is 7.17. The molecule has 0 bridgehead atoms. The molecule has 0 saturated heterocycles. The van der Waals surface area contributed by atoms with Crippen molar-refractivity contribution in [1.82, 2.24) is 10.3 Å². The molecular formula is C11H16N2O2. The van der Waals surface area contributed by atoms with Gasteiger partial charge in [-0.15, -0.1) is 0 Å². The van der Waals surface area contributed by atoms with E-state index in [9.17, 15) is 4.79 Å². The van der Waals surface area contributed by atoms with E-state index in [0.29, 0.717) is 5.56 Å². The molecule has 15 heavy (non-hydrogen) atoms. The van der Waals surface area contributed by atoms with Crippen molar-refractivity contribution in [3.05, 3.63) is 24.0 Å². The van der Waals surface area contributed by atoms with Crippen molar-refractivity contribution in [3.63, 3.8) is 0 Å². The number of aromatic nitrogens is 1. The van der Waals surface area contributed by atoms with Gasteiger partial charge in [-0.3, -0.25) is 9.78 Å². The molecule has 1 rings (SSSR count). The maximum atomic E-state index is 11.7. The average Bonchev–Trinajstić information content (AvgIpc) is 2.25. The molecule has 0 spiro atoms. The quantitative estimate of drug-likeness (QED) is 0.791. The van der Waals surface area contributed by atoms with Crippen molar-refractivity contribution in [2.24, 2.45) is 0 Å². The summed E-state index contributed by atoms with van der Waals surface area (Å²) >= 11 is 0. The Morgan fingerprint density at radius 3 is 2.67 bits per heavy atom. The van der Waals surface area contributed by atoms with Gasteiger partial charge < -0.3 is 10.4 Å². The van der Waals surface area contributed by atoms with E-state index in [-0.39, 0.29) is 17.7 Å². The minimum atomic E-state index is -0.188. The van der Waals surface area contributed by atoms with Gasteiger partial charge in [-0.05, 0) is 18.9 Å². The number of hydrogen-bond acceptors (Lipinski definition) is 3. The Hall–Kier alpha value is -1.58. The largest absolute Gasteiger partial charge is 0.506 e. The zero-order valence-corrected chi connectivity index (χ0v) is 9.03. The number of amides is 1. The smallest absolute Gasteiger partial charge is 0.253 e. The molecule has 4 heteroatoms. The topological polar surface area (TPSA) is 62.2 Å². The minimum Gasteiger partial charge on any atom is -0.506 e. The first-order valence-electron chi connectivity index (χ1n) is 5.12. The third kappa shape index (κ3) is 3.23. The highest BCUT2D eigenvalue weighted by molar-refractivity contribution is 5.94. The summed E-state index contributed by atoms with van der Waals surface area (Å²) in [5.41, 5.74) is 0.391. The van der Waals surface area contributed by atoms with Gasteiger partial charge >= 0.3 is 0 Å². The van der Waals surface area contributed by atoms with Crippen LogP contribution in [0.4, 0.5) is 0 Å². The number of nitrogens with one attached hydrogen (secondary N) is 1. The molecule has 0 aliphatic rings. The summed E-state index contributed by atoms with van der Waals surface area (Å²) in [5, 5.41) is 12.0. The summed E-state index contributed by atoms with van der Waals surface area (Å²) in [7, 11) is 0. The van der Waals surface area contributed by atoms with Crippen LogP contribution in [0, 0.1) is 0 Å². The highest BCUT2D eigenvalue weighted by Gasteiger charge is 2.10. The van der Waals surface area contributed by atoms with Crippen molar-refractivity contribution in [2.45, 2.75) is 32.7 Å². The van der Waals surface area contributed by atoms with Crippen LogP contribution in [-0.4, -0.2) is 22.0 Å². The fraction of sp³-hybridized carbons (Fsp3) is 0.455. The van der Waals surface area contributed by atoms with Crippen molar-refractivity contribution >= 4 is 5.91 Å². The van der Waals surface area contributed by atoms with Crippen LogP contribution in [0.3, 0.4) is 0 Å². The molecule has 1 amide bonds. The molecule has 0 radical (unpaired) electrons. The minimum absolute atomic E-state index is 0.00666. The van der Waals surface area contributed by atoms with E-state index in [1.165, 1.54) is 18.5 Å². The standard InChI is InChI=1S/C11H16N2O2/c1-3-9(4-2)13-11(15)8-5-10(14)7-12-6-8/h5-7,9,14H,3-4H2,1-2H3,(H,13,15). The highest BCUT2D eigenvalue weighted by atomic mass is 16.3. The summed E-state index contributed by atoms with van der Waals surface area (Å²) in [4.78, 5) is 15.4. The number of hydrogen-bond donors (Lipinski definition) is 2. The Morgan fingerprint density at radius 2 is 2.13 bits per heavy atom. The van der Waals surface area contributed by atoms with Gasteiger partial charge in [0.1, 0.15) is 5.75 Å². The molecule has 1 aromatic rings. The van der Waals surface area contributed by atoms with E-state index >= 15 is 0 Å². The lowest BCUT2D eigenvalue weighted by molar-refractivity contribution is 0.0934. The number of carbonyl (C=O) groups is 1. The summed E-state index contributed by atoms with van der Waals surface area (Å²) in [5.74, 6) is -0.181. The molecule has 1 heterocycles. The van der Waals surface area contributed by atoms with Crippen LogP contribution in [0.25, 0.3) is 0 Å². The second kappa shape index (κ2) is 5.34. The summed E-state index contributed by atoms with van der Waals surface area (Å²) in [6, 6.07) is 1.59. The van der Waals surface area contributed by atoms with Crippen LogP contribution in [-0.2, 0) is 0 Å². The maximum absolute atomic E-state index is 11.7. The summed E-state index contributed by atoms with van der Waals surface area (Å²) < 4.78 is 0. The van der Waals surface area contributed by atoms with Gasteiger partial charge in [0.2, 0.25) is 0 Å². The van der Waals surface area contributed by atoms with Crippen LogP contribution in [0.15, 0.2) is 18.5 Å². The fourth-order valence-electron chi connectivity index (χ4n) is 1.31. The molecule has 0 aliphatic carbocycles. The second-order valence-corrected chi connectivity index (χ2v) is 3.42. The number of carbonyl (C=O) groups excluding carboxylic acids is 1. The van der Waals surface area contributed by atoms with Crippen LogP contribution >= 0.6 is 0 Å². The normalized spacial score (nSPS) is 10.3. The van der Waals surface area contributed by atoms with E-state index in [1.54, 1.807) is 0 Å². The van der Waals surface area contributed by atoms with Gasteiger partial charge in [-0.2, -0.15) is 0 Å². The second-order valence-electron chi connectivity index (χ2n) is 3.42. The van der Waals surface area contributed by atoms with Gasteiger partial charge in [0, 0.05) is 12.2 Å². The lowest BCUT2D eigenvalue weighted by Crippen LogP contribution is -2.33. The molecule has 0 fully saturated rings. The van der Waals surface area contributed by atoms with Gasteiger partial charge in [-0.25, -0.2) is 0 Å². The maximum Gasteiger partial charge on any atom is 0.253 e. The molecular weight excluding hydrogens is 192 g/mol. The predicted octanol–water partition coefficient (Wildman–Crippen LogP) is 1.71. The Kier molecular flexibility index (Phi) is 4.09. The Bertz CT molecular complexity index is 335. The van der Waals surface area contributed by atoms with Crippen LogP contribution < -0.4 is 5.32 Å². The predicted molar refractivity (Wildman–Crippen MR) is 57.7 cm³/mol. The van der Waals surface area contributed by atoms with Crippen molar-refractivity contribution in [2.75, 3.05) is 0 Å². The highest BCUT2D eigenvalue weighted by Crippen LogP contribution is 2.09. The van der Waals surface area contributed by atoms with E-state index in [2.05, 4.69) is 10.3 Å². The van der Waals surface area contributed by atoms with Gasteiger partial charge in [-0.1, -0.05) is 13.8 Å². The Labute approximate surface area is 89.3 Å². The molecule has 0 atom stereocenters. The average molecular weight is 208 g/mol. The van der Waals surface area contributed by atoms with E-state index < -0.39 is 0 Å². The van der Waals surface area contributed by atoms with Crippen molar-refractivity contribution in [1.29, 1.82) is 0 Å². The number of nitrogens with zero attached hydrogens (tertiary/aromatic N) is 1. The number of pyridine rings is 1. The van der Waals surface area contributed by atoms with Gasteiger partial charge in [0.05, 0.1) is 11.8 Å². The van der Waals surface area contributed by atoms with Crippen molar-refractivity contribution < 1.29 is 9.90 Å². The van der Waals surface area contributed by atoms with Crippen LogP contribution in [0.1, 0.15) is 37.0 Å². The van der Waals surface area contributed by atoms with E-state index in [0.717, 1.165) is 12.8 Å². The van der Waals surface area contributed by atoms with E-state index in [4.69, 9.17) is 5.11 Å². The molecule has 0 aromatic carbocycles. The molecule has 4 nitrogen and oxygen atoms in total. The zero-order valence-electron chi connectivity index (χ0n) is 9.03. The SMILES string of the molecule is CCC(CC)NC(=O)c1cncc(O)c1. The fourth-order valence-corrected chi connectivity index (χ4v) is 1.31. The monoisotopic (exact) mass is 208 g/mol. The Balaban J connectivity index is 2.68. The molecule has 82 valence electrons. The van der Waals surface area contributed by atoms with Gasteiger partial charge in [0.15, 0.2) is 0 Å². The molecule has 2 N–H and O–H groups in total. The molecule has 0 aliphatic heterocycles. The van der Waals surface area contributed by atoms with E-state index in [1.807, 2.05) is 13.8 Å². The zero-order chi connectivity index (χ0) is 11.3. The van der Waals surface area contributed by atoms with Gasteiger partial charge in [0.25, 0.3) is 5.91 Å². The first kappa shape index (κ1) is 11.5. The number of rotatable bonds is 4. The first-order valence-corrected chi connectivity index (χ1v) is 5.12. The third-order valence-corrected chi connectivity index (χ3v) is 2.31. The van der Waals surface area contributed by atoms with Crippen LogP contribution in [0.5, 0.6) is 5.75 Å². The Morgan fingerprint density at radius 1 is 1.47 bits per heavy atom. The lowest BCUT2D eigenvalue weighted by atomic mass is 10.1. The molecule has 0 saturated carbocycles. The number of aromatic hydroxyl groups is 1. The lowest BCUT2D eigenvalue weighted by Gasteiger charge is -2.14. The summed E-state index contributed by atoms with van der Waals surface area (Å²) in [6.07, 6.45) is 4.54. The van der Waals surface area contributed by atoms with Crippen LogP contribution in [0.2, 0.25) is 0 Å². The summed E-state index contributed by atoms with van der Waals surface area (Å²) in [6.45, 7) is 4.05. The molecule has 0 unspecified atom stereocenters. The molecule has 1 aromatic heterocycles. The van der Waals surface area contributed by atoms with Crippen molar-refractivity contribution in [3.8, 4) is 5.75 Å².